The van der Waals surface area contributed by atoms with Crippen LogP contribution in [0.1, 0.15) is 25.3 Å². The number of hydrogen-bond acceptors (Lipinski definition) is 4. The Morgan fingerprint density at radius 2 is 1.94 bits per heavy atom. The molecule has 100 valence electrons. The van der Waals surface area contributed by atoms with E-state index in [1.54, 1.807) is 13.8 Å². The minimum atomic E-state index is -3.96. The summed E-state index contributed by atoms with van der Waals surface area (Å²) in [7, 11) is -3.96. The first-order valence-electron chi connectivity index (χ1n) is 5.09. The number of primary sulfonamides is 1. The Labute approximate surface area is 110 Å². The van der Waals surface area contributed by atoms with Crippen molar-refractivity contribution >= 4 is 27.3 Å². The summed E-state index contributed by atoms with van der Waals surface area (Å²) in [6, 6.07) is 3.58. The van der Waals surface area contributed by atoms with Crippen molar-refractivity contribution in [1.82, 2.24) is 0 Å². The van der Waals surface area contributed by atoms with Gasteiger partial charge in [-0.1, -0.05) is 13.0 Å². The Bertz CT molecular complexity index is 571. The van der Waals surface area contributed by atoms with Crippen molar-refractivity contribution in [2.75, 3.05) is 0 Å². The number of halogens is 1. The minimum absolute atomic E-state index is 0.276. The zero-order chi connectivity index (χ0) is 14.1. The molecule has 0 radical (unpaired) electrons. The van der Waals surface area contributed by atoms with E-state index in [-0.39, 0.29) is 21.9 Å². The number of rotatable bonds is 4. The number of alkyl halides is 1. The molecule has 1 rings (SSSR count). The second kappa shape index (κ2) is 5.21. The number of nitrogens with zero attached hydrogens (tertiary/aromatic N) is 1. The molecule has 0 heterocycles. The molecule has 18 heavy (non-hydrogen) atoms. The summed E-state index contributed by atoms with van der Waals surface area (Å²) in [5, 5.41) is 15.6. The van der Waals surface area contributed by atoms with Gasteiger partial charge in [-0.05, 0) is 13.0 Å². The van der Waals surface area contributed by atoms with Crippen LogP contribution >= 0.6 is 11.6 Å². The minimum Gasteiger partial charge on any atom is -0.258 e. The lowest BCUT2D eigenvalue weighted by molar-refractivity contribution is -0.385. The van der Waals surface area contributed by atoms with Gasteiger partial charge >= 0.3 is 0 Å². The second-order valence-electron chi connectivity index (χ2n) is 3.99. The van der Waals surface area contributed by atoms with Crippen molar-refractivity contribution in [3.63, 3.8) is 0 Å². The summed E-state index contributed by atoms with van der Waals surface area (Å²) in [5.74, 6) is -0.276. The van der Waals surface area contributed by atoms with Gasteiger partial charge in [0.2, 0.25) is 10.0 Å². The largest absolute Gasteiger partial charge is 0.274 e. The SMILES string of the molecule is CC(Cl)C(C)c1ccc(S(N)(=O)=O)cc1[N+](=O)[O-]. The molecule has 2 atom stereocenters. The molecule has 1 aromatic carbocycles. The fourth-order valence-corrected chi connectivity index (χ4v) is 2.16. The fourth-order valence-electron chi connectivity index (χ4n) is 1.49. The summed E-state index contributed by atoms with van der Waals surface area (Å²) < 4.78 is 22.3. The van der Waals surface area contributed by atoms with Crippen LogP contribution in [0.3, 0.4) is 0 Å². The van der Waals surface area contributed by atoms with Crippen LogP contribution in [0.2, 0.25) is 0 Å². The van der Waals surface area contributed by atoms with E-state index in [1.165, 1.54) is 12.1 Å². The molecule has 0 saturated carbocycles. The van der Waals surface area contributed by atoms with Gasteiger partial charge < -0.3 is 0 Å². The third kappa shape index (κ3) is 3.18. The van der Waals surface area contributed by atoms with E-state index in [9.17, 15) is 18.5 Å². The quantitative estimate of drug-likeness (QED) is 0.520. The summed E-state index contributed by atoms with van der Waals surface area (Å²) in [6.07, 6.45) is 0. The lowest BCUT2D eigenvalue weighted by Gasteiger charge is -2.14. The van der Waals surface area contributed by atoms with Crippen LogP contribution in [-0.2, 0) is 10.0 Å². The van der Waals surface area contributed by atoms with E-state index in [4.69, 9.17) is 16.7 Å². The van der Waals surface area contributed by atoms with Crippen LogP contribution in [0.5, 0.6) is 0 Å². The van der Waals surface area contributed by atoms with Crippen LogP contribution in [-0.4, -0.2) is 18.7 Å². The second-order valence-corrected chi connectivity index (χ2v) is 6.24. The average molecular weight is 293 g/mol. The van der Waals surface area contributed by atoms with Crippen molar-refractivity contribution in [1.29, 1.82) is 0 Å². The molecular weight excluding hydrogens is 280 g/mol. The molecule has 0 saturated heterocycles. The third-order valence-corrected chi connectivity index (χ3v) is 4.00. The van der Waals surface area contributed by atoms with Gasteiger partial charge in [0.15, 0.2) is 0 Å². The van der Waals surface area contributed by atoms with Gasteiger partial charge in [-0.25, -0.2) is 13.6 Å². The summed E-state index contributed by atoms with van der Waals surface area (Å²) in [5.41, 5.74) is 0.0939. The molecule has 0 fully saturated rings. The van der Waals surface area contributed by atoms with Gasteiger partial charge in [-0.3, -0.25) is 10.1 Å². The molecule has 6 nitrogen and oxygen atoms in total. The molecule has 0 aliphatic rings. The fraction of sp³-hybridized carbons (Fsp3) is 0.400. The maximum absolute atomic E-state index is 11.2. The molecule has 8 heteroatoms. The van der Waals surface area contributed by atoms with Gasteiger partial charge in [0.05, 0.1) is 9.82 Å². The highest BCUT2D eigenvalue weighted by atomic mass is 35.5. The topological polar surface area (TPSA) is 103 Å². The molecular formula is C10H13ClN2O4S. The predicted molar refractivity (Wildman–Crippen MR) is 68.2 cm³/mol. The highest BCUT2D eigenvalue weighted by molar-refractivity contribution is 7.89. The molecule has 2 N–H and O–H groups in total. The summed E-state index contributed by atoms with van der Waals surface area (Å²) >= 11 is 5.90. The van der Waals surface area contributed by atoms with Gasteiger partial charge in [-0.2, -0.15) is 0 Å². The van der Waals surface area contributed by atoms with Crippen LogP contribution in [0.15, 0.2) is 23.1 Å². The highest BCUT2D eigenvalue weighted by Gasteiger charge is 2.24. The van der Waals surface area contributed by atoms with E-state index < -0.39 is 14.9 Å². The smallest absolute Gasteiger partial charge is 0.258 e. The van der Waals surface area contributed by atoms with Crippen LogP contribution in [0, 0.1) is 10.1 Å². The number of sulfonamides is 1. The molecule has 1 aromatic rings. The van der Waals surface area contributed by atoms with Gasteiger partial charge in [-0.15, -0.1) is 11.6 Å². The highest BCUT2D eigenvalue weighted by Crippen LogP contribution is 2.32. The Kier molecular flexibility index (Phi) is 4.31. The lowest BCUT2D eigenvalue weighted by atomic mass is 9.96. The maximum Gasteiger partial charge on any atom is 0.274 e. The van der Waals surface area contributed by atoms with E-state index >= 15 is 0 Å². The summed E-state index contributed by atoms with van der Waals surface area (Å²) in [4.78, 5) is 10.0. The van der Waals surface area contributed by atoms with Gasteiger partial charge in [0, 0.05) is 22.9 Å². The third-order valence-electron chi connectivity index (χ3n) is 2.71. The Morgan fingerprint density at radius 1 is 1.39 bits per heavy atom. The Morgan fingerprint density at radius 3 is 2.33 bits per heavy atom. The zero-order valence-corrected chi connectivity index (χ0v) is 11.4. The van der Waals surface area contributed by atoms with Crippen LogP contribution in [0.25, 0.3) is 0 Å². The molecule has 0 amide bonds. The molecule has 0 aromatic heterocycles. The molecule has 2 unspecified atom stereocenters. The lowest BCUT2D eigenvalue weighted by Crippen LogP contribution is -2.14. The van der Waals surface area contributed by atoms with Gasteiger partial charge in [0.1, 0.15) is 0 Å². The van der Waals surface area contributed by atoms with Crippen LogP contribution < -0.4 is 5.14 Å². The Hall–Kier alpha value is -1.18. The average Bonchev–Trinajstić information content (AvgIpc) is 2.25. The molecule has 0 aliphatic carbocycles. The number of nitrogens with two attached hydrogens (primary N) is 1. The van der Waals surface area contributed by atoms with Crippen molar-refractivity contribution in [2.45, 2.75) is 30.0 Å². The number of nitro groups is 1. The maximum atomic E-state index is 11.2. The van der Waals surface area contributed by atoms with Crippen molar-refractivity contribution < 1.29 is 13.3 Å². The first-order chi connectivity index (χ1) is 8.14. The Balaban J connectivity index is 3.43. The van der Waals surface area contributed by atoms with E-state index in [0.717, 1.165) is 6.07 Å². The predicted octanol–water partition coefficient (Wildman–Crippen LogP) is 1.97. The molecule has 0 bridgehead atoms. The number of hydrogen-bond donors (Lipinski definition) is 1. The van der Waals surface area contributed by atoms with Crippen molar-refractivity contribution in [3.05, 3.63) is 33.9 Å². The molecule has 0 spiro atoms. The van der Waals surface area contributed by atoms with Gasteiger partial charge in [0.25, 0.3) is 5.69 Å². The molecule has 0 aliphatic heterocycles. The summed E-state index contributed by atoms with van der Waals surface area (Å²) in [6.45, 7) is 3.44. The van der Waals surface area contributed by atoms with Crippen LogP contribution in [0.4, 0.5) is 5.69 Å². The first-order valence-corrected chi connectivity index (χ1v) is 7.08. The van der Waals surface area contributed by atoms with E-state index in [0.29, 0.717) is 5.56 Å². The monoisotopic (exact) mass is 292 g/mol. The van der Waals surface area contributed by atoms with Crippen molar-refractivity contribution in [2.24, 2.45) is 5.14 Å². The number of nitro benzene ring substituents is 1. The standard InChI is InChI=1S/C10H13ClN2O4S/c1-6(7(2)11)9-4-3-8(18(12,16)17)5-10(9)13(14)15/h3-7H,1-2H3,(H2,12,16,17). The number of benzene rings is 1. The van der Waals surface area contributed by atoms with E-state index in [1.807, 2.05) is 0 Å². The zero-order valence-electron chi connectivity index (χ0n) is 9.83. The normalized spacial score (nSPS) is 15.1. The van der Waals surface area contributed by atoms with Crippen molar-refractivity contribution in [3.8, 4) is 0 Å². The first kappa shape index (κ1) is 14.9. The van der Waals surface area contributed by atoms with E-state index in [2.05, 4.69) is 0 Å².